The maximum Gasteiger partial charge on any atom is 0.251 e. The van der Waals surface area contributed by atoms with E-state index in [9.17, 15) is 9.59 Å². The van der Waals surface area contributed by atoms with Gasteiger partial charge in [0.1, 0.15) is 11.9 Å². The van der Waals surface area contributed by atoms with E-state index in [1.807, 2.05) is 54.3 Å². The van der Waals surface area contributed by atoms with Crippen LogP contribution in [0.2, 0.25) is 0 Å². The fourth-order valence-corrected chi connectivity index (χ4v) is 4.03. The molecule has 7 nitrogen and oxygen atoms in total. The minimum Gasteiger partial charge on any atom is -0.384 e. The highest BCUT2D eigenvalue weighted by atomic mass is 16.2. The van der Waals surface area contributed by atoms with Gasteiger partial charge in [-0.25, -0.2) is 0 Å². The van der Waals surface area contributed by atoms with Crippen molar-refractivity contribution in [2.45, 2.75) is 32.5 Å². The van der Waals surface area contributed by atoms with Crippen LogP contribution >= 0.6 is 0 Å². The third-order valence-corrected chi connectivity index (χ3v) is 6.02. The number of nitrogen functional groups attached to an aromatic ring is 1. The van der Waals surface area contributed by atoms with E-state index in [2.05, 4.69) is 22.8 Å². The Hall–Kier alpha value is -4.13. The molecule has 3 aromatic carbocycles. The first kappa shape index (κ1) is 23.0. The minimum absolute atomic E-state index is 0.0133. The van der Waals surface area contributed by atoms with Gasteiger partial charge in [0, 0.05) is 36.4 Å². The lowest BCUT2D eigenvalue weighted by molar-refractivity contribution is -0.132. The Morgan fingerprint density at radius 3 is 2.47 bits per heavy atom. The third-order valence-electron chi connectivity index (χ3n) is 6.02. The maximum atomic E-state index is 12.9. The van der Waals surface area contributed by atoms with Crippen LogP contribution in [0.4, 0.5) is 5.69 Å². The Kier molecular flexibility index (Phi) is 6.92. The van der Waals surface area contributed by atoms with Gasteiger partial charge in [0.2, 0.25) is 5.91 Å². The SMILES string of the molecule is C[C@@H]1Nc2cc(C(=O)NCc3ccc(C(=N)N)cc3)ccc2CN(CCc2ccccc2)C1=O. The summed E-state index contributed by atoms with van der Waals surface area (Å²) in [7, 11) is 0. The number of amides is 2. The second kappa shape index (κ2) is 10.2. The Morgan fingerprint density at radius 2 is 1.76 bits per heavy atom. The van der Waals surface area contributed by atoms with Crippen LogP contribution in [0.25, 0.3) is 0 Å². The molecule has 0 spiro atoms. The smallest absolute Gasteiger partial charge is 0.251 e. The zero-order chi connectivity index (χ0) is 24.1. The summed E-state index contributed by atoms with van der Waals surface area (Å²) >= 11 is 0. The summed E-state index contributed by atoms with van der Waals surface area (Å²) in [6.45, 7) is 3.36. The van der Waals surface area contributed by atoms with E-state index in [4.69, 9.17) is 11.1 Å². The quantitative estimate of drug-likeness (QED) is 0.324. The van der Waals surface area contributed by atoms with Gasteiger partial charge in [-0.3, -0.25) is 15.0 Å². The fourth-order valence-electron chi connectivity index (χ4n) is 4.03. The van der Waals surface area contributed by atoms with Gasteiger partial charge in [0.15, 0.2) is 0 Å². The van der Waals surface area contributed by atoms with E-state index in [1.165, 1.54) is 5.56 Å². The number of nitrogens with two attached hydrogens (primary N) is 1. The van der Waals surface area contributed by atoms with Gasteiger partial charge in [-0.2, -0.15) is 0 Å². The molecule has 174 valence electrons. The summed E-state index contributed by atoms with van der Waals surface area (Å²) in [5.74, 6) is -0.129. The number of anilines is 1. The summed E-state index contributed by atoms with van der Waals surface area (Å²) in [6.07, 6.45) is 0.794. The number of amidine groups is 1. The van der Waals surface area contributed by atoms with Crippen LogP contribution in [-0.4, -0.2) is 35.1 Å². The molecule has 0 saturated carbocycles. The molecule has 2 amide bonds. The van der Waals surface area contributed by atoms with Crippen LogP contribution in [0.1, 0.15) is 39.5 Å². The third kappa shape index (κ3) is 5.43. The van der Waals surface area contributed by atoms with Gasteiger partial charge in [0.25, 0.3) is 5.91 Å². The molecular formula is C27H29N5O2. The van der Waals surface area contributed by atoms with Crippen LogP contribution in [0.15, 0.2) is 72.8 Å². The zero-order valence-electron chi connectivity index (χ0n) is 19.2. The highest BCUT2D eigenvalue weighted by molar-refractivity contribution is 5.96. The molecule has 34 heavy (non-hydrogen) atoms. The topological polar surface area (TPSA) is 111 Å². The Bertz CT molecular complexity index is 1190. The predicted octanol–water partition coefficient (Wildman–Crippen LogP) is 3.29. The Morgan fingerprint density at radius 1 is 1.06 bits per heavy atom. The molecule has 0 saturated heterocycles. The van der Waals surface area contributed by atoms with Crippen molar-refractivity contribution in [3.63, 3.8) is 0 Å². The largest absolute Gasteiger partial charge is 0.384 e. The molecule has 1 atom stereocenters. The Balaban J connectivity index is 1.42. The van der Waals surface area contributed by atoms with Crippen molar-refractivity contribution in [3.8, 4) is 0 Å². The summed E-state index contributed by atoms with van der Waals surface area (Å²) in [6, 6.07) is 22.5. The summed E-state index contributed by atoms with van der Waals surface area (Å²) in [4.78, 5) is 27.6. The number of nitrogens with one attached hydrogen (secondary N) is 3. The van der Waals surface area contributed by atoms with Crippen LogP contribution in [0.5, 0.6) is 0 Å². The molecule has 0 aromatic heterocycles. The lowest BCUT2D eigenvalue weighted by atomic mass is 10.1. The zero-order valence-corrected chi connectivity index (χ0v) is 19.2. The van der Waals surface area contributed by atoms with Crippen LogP contribution in [0.3, 0.4) is 0 Å². The molecule has 4 rings (SSSR count). The molecule has 0 aliphatic carbocycles. The van der Waals surface area contributed by atoms with Crippen molar-refractivity contribution < 1.29 is 9.59 Å². The standard InChI is InChI=1S/C27H29N5O2/c1-18-27(34)32(14-13-19-5-3-2-4-6-19)17-23-12-11-22(15-24(23)31-18)26(33)30-16-20-7-9-21(10-8-20)25(28)29/h2-12,15,18,31H,13-14,16-17H2,1H3,(H3,28,29)(H,30,33)/t18-/m0/s1. The molecule has 5 N–H and O–H groups in total. The van der Waals surface area contributed by atoms with Crippen LogP contribution in [-0.2, 0) is 24.3 Å². The van der Waals surface area contributed by atoms with Gasteiger partial charge in [0.05, 0.1) is 0 Å². The lowest BCUT2D eigenvalue weighted by Crippen LogP contribution is -2.39. The molecule has 7 heteroatoms. The van der Waals surface area contributed by atoms with Gasteiger partial charge >= 0.3 is 0 Å². The average Bonchev–Trinajstić information content (AvgIpc) is 2.97. The highest BCUT2D eigenvalue weighted by Gasteiger charge is 2.26. The number of nitrogens with zero attached hydrogens (tertiary/aromatic N) is 1. The number of carbonyl (C=O) groups excluding carboxylic acids is 2. The fraction of sp³-hybridized carbons (Fsp3) is 0.222. The second-order valence-corrected chi connectivity index (χ2v) is 8.53. The van der Waals surface area contributed by atoms with Gasteiger partial charge in [-0.15, -0.1) is 0 Å². The van der Waals surface area contributed by atoms with Crippen molar-refractivity contribution >= 4 is 23.3 Å². The van der Waals surface area contributed by atoms with Crippen molar-refractivity contribution in [1.82, 2.24) is 10.2 Å². The van der Waals surface area contributed by atoms with Gasteiger partial charge < -0.3 is 21.3 Å². The first-order chi connectivity index (χ1) is 16.4. The monoisotopic (exact) mass is 455 g/mol. The van der Waals surface area contributed by atoms with E-state index in [-0.39, 0.29) is 23.7 Å². The molecule has 1 aliphatic heterocycles. The second-order valence-electron chi connectivity index (χ2n) is 8.53. The number of hydrogen-bond acceptors (Lipinski definition) is 4. The molecule has 1 aliphatic rings. The van der Waals surface area contributed by atoms with E-state index < -0.39 is 0 Å². The summed E-state index contributed by atoms with van der Waals surface area (Å²) in [5.41, 5.74) is 10.6. The van der Waals surface area contributed by atoms with E-state index in [1.54, 1.807) is 18.2 Å². The van der Waals surface area contributed by atoms with Crippen molar-refractivity contribution in [1.29, 1.82) is 5.41 Å². The predicted molar refractivity (Wildman–Crippen MR) is 134 cm³/mol. The maximum absolute atomic E-state index is 12.9. The minimum atomic E-state index is -0.380. The van der Waals surface area contributed by atoms with Crippen LogP contribution < -0.4 is 16.4 Å². The van der Waals surface area contributed by atoms with Gasteiger partial charge in [-0.1, -0.05) is 60.7 Å². The van der Waals surface area contributed by atoms with Crippen molar-refractivity contribution in [2.75, 3.05) is 11.9 Å². The first-order valence-electron chi connectivity index (χ1n) is 11.3. The highest BCUT2D eigenvalue weighted by Crippen LogP contribution is 2.25. The average molecular weight is 456 g/mol. The van der Waals surface area contributed by atoms with Crippen molar-refractivity contribution in [2.24, 2.45) is 5.73 Å². The van der Waals surface area contributed by atoms with E-state index >= 15 is 0 Å². The molecule has 1 heterocycles. The van der Waals surface area contributed by atoms with E-state index in [0.717, 1.165) is 23.2 Å². The number of rotatable bonds is 7. The van der Waals surface area contributed by atoms with Crippen molar-refractivity contribution in [3.05, 3.63) is 101 Å². The summed E-state index contributed by atoms with van der Waals surface area (Å²) in [5, 5.41) is 13.7. The number of hydrogen-bond donors (Lipinski definition) is 4. The number of benzene rings is 3. The molecule has 0 radical (unpaired) electrons. The Labute approximate surface area is 199 Å². The number of fused-ring (bicyclic) bond motifs is 1. The molecule has 0 unspecified atom stereocenters. The number of carbonyl (C=O) groups is 2. The molecule has 0 fully saturated rings. The van der Waals surface area contributed by atoms with E-state index in [0.29, 0.717) is 30.8 Å². The first-order valence-corrected chi connectivity index (χ1v) is 11.3. The lowest BCUT2D eigenvalue weighted by Gasteiger charge is -2.23. The molecular weight excluding hydrogens is 426 g/mol. The molecule has 3 aromatic rings. The van der Waals surface area contributed by atoms with Crippen LogP contribution in [0, 0.1) is 5.41 Å². The normalized spacial score (nSPS) is 15.1. The molecule has 0 bridgehead atoms. The summed E-state index contributed by atoms with van der Waals surface area (Å²) < 4.78 is 0. The van der Waals surface area contributed by atoms with Gasteiger partial charge in [-0.05, 0) is 42.2 Å².